The summed E-state index contributed by atoms with van der Waals surface area (Å²) in [6.07, 6.45) is 2.52. The molecule has 0 bridgehead atoms. The van der Waals surface area contributed by atoms with Gasteiger partial charge in [-0.3, -0.25) is 14.5 Å². The normalized spacial score (nSPS) is 14.6. The lowest BCUT2D eigenvalue weighted by molar-refractivity contribution is -0.143. The fraction of sp³-hybridized carbons (Fsp3) is 0.320. The highest BCUT2D eigenvalue weighted by Crippen LogP contribution is 2.39. The molecule has 0 atom stereocenters. The number of ether oxygens (including phenoxy) is 3. The molecule has 0 spiro atoms. The second kappa shape index (κ2) is 12.4. The van der Waals surface area contributed by atoms with E-state index in [4.69, 9.17) is 26.4 Å². The zero-order valence-electron chi connectivity index (χ0n) is 19.3. The molecule has 2 aromatic rings. The summed E-state index contributed by atoms with van der Waals surface area (Å²) in [6, 6.07) is 11.8. The molecule has 1 aliphatic heterocycles. The van der Waals surface area contributed by atoms with Crippen molar-refractivity contribution in [2.75, 3.05) is 20.3 Å². The smallest absolute Gasteiger partial charge is 0.305 e. The summed E-state index contributed by atoms with van der Waals surface area (Å²) in [5.74, 6) is 0.699. The highest BCUT2D eigenvalue weighted by Gasteiger charge is 2.31. The van der Waals surface area contributed by atoms with Crippen molar-refractivity contribution in [2.24, 2.45) is 0 Å². The van der Waals surface area contributed by atoms with Crippen LogP contribution in [0.15, 0.2) is 45.8 Å². The second-order valence-corrected chi connectivity index (χ2v) is 10.1. The van der Waals surface area contributed by atoms with Crippen LogP contribution in [-0.4, -0.2) is 41.4 Å². The minimum atomic E-state index is -0.273. The third-order valence-corrected chi connectivity index (χ3v) is 6.92. The number of thioether (sulfide) groups is 1. The number of carbonyl (C=O) groups excluding carboxylic acids is 2. The van der Waals surface area contributed by atoms with Gasteiger partial charge < -0.3 is 14.2 Å². The Kier molecular flexibility index (Phi) is 9.55. The molecule has 0 aromatic heterocycles. The number of nitrogens with zero attached hydrogens (tertiary/aromatic N) is 1. The van der Waals surface area contributed by atoms with Gasteiger partial charge >= 0.3 is 5.97 Å². The van der Waals surface area contributed by atoms with E-state index in [2.05, 4.69) is 22.0 Å². The number of halogens is 1. The Morgan fingerprint density at radius 3 is 2.76 bits per heavy atom. The largest absolute Gasteiger partial charge is 0.493 e. The Morgan fingerprint density at radius 1 is 1.26 bits per heavy atom. The first-order valence-electron chi connectivity index (χ1n) is 10.8. The van der Waals surface area contributed by atoms with Crippen molar-refractivity contribution in [2.45, 2.75) is 33.3 Å². The van der Waals surface area contributed by atoms with E-state index in [-0.39, 0.29) is 18.3 Å². The van der Waals surface area contributed by atoms with E-state index in [0.717, 1.165) is 15.6 Å². The van der Waals surface area contributed by atoms with Gasteiger partial charge in [-0.25, -0.2) is 0 Å². The lowest BCUT2D eigenvalue weighted by Gasteiger charge is -2.14. The third-order valence-electron chi connectivity index (χ3n) is 4.96. The van der Waals surface area contributed by atoms with Crippen molar-refractivity contribution >= 4 is 62.2 Å². The number of esters is 1. The first-order valence-corrected chi connectivity index (χ1v) is 12.8. The van der Waals surface area contributed by atoms with Gasteiger partial charge in [-0.05, 0) is 65.5 Å². The second-order valence-electron chi connectivity index (χ2n) is 7.55. The van der Waals surface area contributed by atoms with Crippen molar-refractivity contribution in [1.29, 1.82) is 0 Å². The van der Waals surface area contributed by atoms with Gasteiger partial charge in [0.2, 0.25) is 0 Å². The lowest BCUT2D eigenvalue weighted by atomic mass is 10.1. The maximum absolute atomic E-state index is 12.9. The molecule has 9 heteroatoms. The zero-order valence-corrected chi connectivity index (χ0v) is 22.5. The van der Waals surface area contributed by atoms with E-state index < -0.39 is 0 Å². The third kappa shape index (κ3) is 6.84. The number of amides is 1. The number of thiocarbonyl (C=S) groups is 1. The molecule has 1 amide bonds. The van der Waals surface area contributed by atoms with Crippen LogP contribution in [0.2, 0.25) is 0 Å². The van der Waals surface area contributed by atoms with Crippen molar-refractivity contribution in [3.8, 4) is 11.5 Å². The molecule has 0 radical (unpaired) electrons. The predicted octanol–water partition coefficient (Wildman–Crippen LogP) is 5.89. The zero-order chi connectivity index (χ0) is 24.7. The summed E-state index contributed by atoms with van der Waals surface area (Å²) in [5.41, 5.74) is 3.00. The van der Waals surface area contributed by atoms with Crippen LogP contribution in [0.5, 0.6) is 11.5 Å². The fourth-order valence-electron chi connectivity index (χ4n) is 3.38. The van der Waals surface area contributed by atoms with E-state index >= 15 is 0 Å². The molecule has 2 aromatic carbocycles. The van der Waals surface area contributed by atoms with E-state index in [1.165, 1.54) is 22.2 Å². The molecular formula is C25H26BrNO5S2. The molecule has 1 saturated heterocycles. The molecule has 0 N–H and O–H groups in total. The van der Waals surface area contributed by atoms with Crippen LogP contribution < -0.4 is 9.47 Å². The minimum Gasteiger partial charge on any atom is -0.493 e. The van der Waals surface area contributed by atoms with Crippen molar-refractivity contribution in [3.05, 3.63) is 62.5 Å². The topological polar surface area (TPSA) is 65.1 Å². The summed E-state index contributed by atoms with van der Waals surface area (Å²) in [5, 5.41) is 0. The van der Waals surface area contributed by atoms with Crippen molar-refractivity contribution in [3.63, 3.8) is 0 Å². The van der Waals surface area contributed by atoms with Gasteiger partial charge in [0.05, 0.1) is 23.1 Å². The summed E-state index contributed by atoms with van der Waals surface area (Å²) in [6.45, 7) is 4.93. The number of aryl methyl sites for hydroxylation is 1. The van der Waals surface area contributed by atoms with Gasteiger partial charge in [0, 0.05) is 13.0 Å². The predicted molar refractivity (Wildman–Crippen MR) is 142 cm³/mol. The van der Waals surface area contributed by atoms with E-state index in [9.17, 15) is 9.59 Å². The Balaban J connectivity index is 1.71. The molecule has 1 heterocycles. The maximum atomic E-state index is 12.9. The maximum Gasteiger partial charge on any atom is 0.305 e. The van der Waals surface area contributed by atoms with Crippen molar-refractivity contribution in [1.82, 2.24) is 4.90 Å². The molecule has 1 aliphatic rings. The van der Waals surface area contributed by atoms with Gasteiger partial charge in [0.1, 0.15) is 10.9 Å². The minimum absolute atomic E-state index is 0.172. The Hall–Kier alpha value is -2.36. The van der Waals surface area contributed by atoms with Gasteiger partial charge in [-0.1, -0.05) is 53.8 Å². The molecule has 0 aliphatic carbocycles. The van der Waals surface area contributed by atoms with Crippen LogP contribution in [0.1, 0.15) is 36.5 Å². The molecule has 0 saturated carbocycles. The van der Waals surface area contributed by atoms with Crippen LogP contribution in [0.3, 0.4) is 0 Å². The Labute approximate surface area is 217 Å². The van der Waals surface area contributed by atoms with Crippen molar-refractivity contribution < 1.29 is 23.8 Å². The quantitative estimate of drug-likeness (QED) is 0.203. The molecule has 1 fully saturated rings. The molecule has 3 rings (SSSR count). The lowest BCUT2D eigenvalue weighted by Crippen LogP contribution is -2.29. The van der Waals surface area contributed by atoms with Crippen LogP contribution in [0.4, 0.5) is 0 Å². The monoisotopic (exact) mass is 563 g/mol. The van der Waals surface area contributed by atoms with Gasteiger partial charge in [-0.15, -0.1) is 0 Å². The number of carbonyl (C=O) groups is 2. The van der Waals surface area contributed by atoms with Crippen LogP contribution in [-0.2, 0) is 20.9 Å². The molecule has 180 valence electrons. The average Bonchev–Trinajstić information content (AvgIpc) is 3.05. The molecule has 34 heavy (non-hydrogen) atoms. The van der Waals surface area contributed by atoms with E-state index in [1.54, 1.807) is 20.1 Å². The highest BCUT2D eigenvalue weighted by atomic mass is 79.9. The van der Waals surface area contributed by atoms with Gasteiger partial charge in [0.15, 0.2) is 11.5 Å². The highest BCUT2D eigenvalue weighted by molar-refractivity contribution is 9.10. The van der Waals surface area contributed by atoms with E-state index in [0.29, 0.717) is 46.9 Å². The Bertz CT molecular complexity index is 1120. The number of hydrogen-bond donors (Lipinski definition) is 0. The summed E-state index contributed by atoms with van der Waals surface area (Å²) < 4.78 is 17.7. The van der Waals surface area contributed by atoms with Crippen LogP contribution in [0.25, 0.3) is 6.08 Å². The molecular weight excluding hydrogens is 538 g/mol. The number of benzene rings is 2. The summed E-state index contributed by atoms with van der Waals surface area (Å²) >= 11 is 10.2. The molecule has 6 nitrogen and oxygen atoms in total. The number of hydrogen-bond acceptors (Lipinski definition) is 7. The SMILES string of the molecule is CCOC(=O)CCCN1C(=O)/C(=C\c2cc(Br)c(OCc3cccc(C)c3)c(OC)c2)SC1=S. The first kappa shape index (κ1) is 26.2. The average molecular weight is 565 g/mol. The summed E-state index contributed by atoms with van der Waals surface area (Å²) in [7, 11) is 1.58. The Morgan fingerprint density at radius 2 is 2.06 bits per heavy atom. The van der Waals surface area contributed by atoms with E-state index in [1.807, 2.05) is 37.3 Å². The first-order chi connectivity index (χ1) is 16.3. The van der Waals surface area contributed by atoms with Crippen LogP contribution in [0, 0.1) is 6.92 Å². The van der Waals surface area contributed by atoms with Gasteiger partial charge in [-0.2, -0.15) is 0 Å². The standard InChI is InChI=1S/C25H26BrNO5S2/c1-4-31-22(28)9-6-10-27-24(29)21(34-25(27)33)14-18-12-19(26)23(20(13-18)30-3)32-15-17-8-5-7-16(2)11-17/h5,7-8,11-14H,4,6,9-10,15H2,1-3H3/b21-14+. The van der Waals surface area contributed by atoms with Crippen LogP contribution >= 0.6 is 39.9 Å². The van der Waals surface area contributed by atoms with Gasteiger partial charge in [0.25, 0.3) is 5.91 Å². The molecule has 0 unspecified atom stereocenters. The number of rotatable bonds is 10. The summed E-state index contributed by atoms with van der Waals surface area (Å²) in [4.78, 5) is 26.5. The number of methoxy groups -OCH3 is 1. The fourth-order valence-corrected chi connectivity index (χ4v) is 5.26.